The van der Waals surface area contributed by atoms with Crippen molar-refractivity contribution in [2.45, 2.75) is 32.7 Å². The molecule has 0 spiro atoms. The zero-order valence-corrected chi connectivity index (χ0v) is 11.1. The fourth-order valence-electron chi connectivity index (χ4n) is 3.00. The van der Waals surface area contributed by atoms with Gasteiger partial charge in [0.15, 0.2) is 0 Å². The molecule has 1 atom stereocenters. The van der Waals surface area contributed by atoms with Gasteiger partial charge in [0.25, 0.3) is 0 Å². The summed E-state index contributed by atoms with van der Waals surface area (Å²) in [7, 11) is 0. The summed E-state index contributed by atoms with van der Waals surface area (Å²) in [4.78, 5) is 5.29. The Morgan fingerprint density at radius 3 is 2.44 bits per heavy atom. The zero-order chi connectivity index (χ0) is 11.6. The lowest BCUT2D eigenvalue weighted by atomic mass is 10.0. The smallest absolute Gasteiger partial charge is 0.0280 e. The van der Waals surface area contributed by atoms with Gasteiger partial charge in [-0.1, -0.05) is 6.92 Å². The van der Waals surface area contributed by atoms with E-state index < -0.39 is 0 Å². The van der Waals surface area contributed by atoms with Gasteiger partial charge >= 0.3 is 0 Å². The van der Waals surface area contributed by atoms with Gasteiger partial charge in [-0.05, 0) is 32.7 Å². The van der Waals surface area contributed by atoms with Gasteiger partial charge in [0.05, 0.1) is 0 Å². The van der Waals surface area contributed by atoms with Crippen molar-refractivity contribution in [1.29, 1.82) is 0 Å². The van der Waals surface area contributed by atoms with Crippen LogP contribution in [0.15, 0.2) is 0 Å². The summed E-state index contributed by atoms with van der Waals surface area (Å²) >= 11 is 0. The van der Waals surface area contributed by atoms with Crippen molar-refractivity contribution in [1.82, 2.24) is 15.1 Å². The number of rotatable bonds is 3. The molecule has 16 heavy (non-hydrogen) atoms. The summed E-state index contributed by atoms with van der Waals surface area (Å²) in [6.45, 7) is 15.8. The van der Waals surface area contributed by atoms with Crippen LogP contribution in [0.5, 0.6) is 0 Å². The predicted octanol–water partition coefficient (Wildman–Crippen LogP) is 1.01. The van der Waals surface area contributed by atoms with E-state index in [1.807, 2.05) is 0 Å². The summed E-state index contributed by atoms with van der Waals surface area (Å²) in [5, 5.41) is 3.42. The number of hydrogen-bond acceptors (Lipinski definition) is 3. The van der Waals surface area contributed by atoms with Gasteiger partial charge in [-0.15, -0.1) is 0 Å². The fourth-order valence-corrected chi connectivity index (χ4v) is 3.00. The molecule has 0 aromatic rings. The largest absolute Gasteiger partial charge is 0.314 e. The monoisotopic (exact) mass is 225 g/mol. The summed E-state index contributed by atoms with van der Waals surface area (Å²) in [6, 6.07) is 0. The van der Waals surface area contributed by atoms with Crippen LogP contribution in [0.3, 0.4) is 0 Å². The molecule has 1 N–H and O–H groups in total. The minimum atomic E-state index is 0.349. The predicted molar refractivity (Wildman–Crippen MR) is 68.7 cm³/mol. The fraction of sp³-hybridized carbons (Fsp3) is 1.00. The molecule has 0 bridgehead atoms. The van der Waals surface area contributed by atoms with E-state index in [9.17, 15) is 0 Å². The minimum absolute atomic E-state index is 0.349. The van der Waals surface area contributed by atoms with Crippen molar-refractivity contribution in [3.8, 4) is 0 Å². The average molecular weight is 225 g/mol. The maximum atomic E-state index is 3.42. The van der Waals surface area contributed by atoms with Crippen molar-refractivity contribution in [2.24, 2.45) is 5.92 Å². The number of nitrogens with one attached hydrogen (secondary N) is 1. The highest BCUT2D eigenvalue weighted by Gasteiger charge is 2.33. The SMILES string of the molecule is CC1CCN(C(C)(C)CN2CCNCC2)C1. The van der Waals surface area contributed by atoms with Crippen molar-refractivity contribution < 1.29 is 0 Å². The Labute approximate surface area is 100 Å². The molecule has 0 aliphatic carbocycles. The van der Waals surface area contributed by atoms with Gasteiger partial charge in [0.2, 0.25) is 0 Å². The number of likely N-dealkylation sites (tertiary alicyclic amines) is 1. The molecule has 2 saturated heterocycles. The Hall–Kier alpha value is -0.120. The number of nitrogens with zero attached hydrogens (tertiary/aromatic N) is 2. The first-order valence-corrected chi connectivity index (χ1v) is 6.76. The van der Waals surface area contributed by atoms with E-state index in [4.69, 9.17) is 0 Å². The van der Waals surface area contributed by atoms with Gasteiger partial charge in [0, 0.05) is 44.8 Å². The van der Waals surface area contributed by atoms with Crippen molar-refractivity contribution >= 4 is 0 Å². The highest BCUT2D eigenvalue weighted by atomic mass is 15.3. The first kappa shape index (κ1) is 12.3. The molecule has 0 aromatic heterocycles. The highest BCUT2D eigenvalue weighted by Crippen LogP contribution is 2.25. The van der Waals surface area contributed by atoms with Gasteiger partial charge in [-0.2, -0.15) is 0 Å². The first-order chi connectivity index (χ1) is 7.58. The Bertz CT molecular complexity index is 221. The minimum Gasteiger partial charge on any atom is -0.314 e. The van der Waals surface area contributed by atoms with Crippen LogP contribution < -0.4 is 5.32 Å². The Morgan fingerprint density at radius 2 is 1.88 bits per heavy atom. The second-order valence-electron chi connectivity index (χ2n) is 6.18. The zero-order valence-electron chi connectivity index (χ0n) is 11.1. The Kier molecular flexibility index (Phi) is 3.88. The van der Waals surface area contributed by atoms with E-state index in [1.165, 1.54) is 39.1 Å². The molecule has 94 valence electrons. The third kappa shape index (κ3) is 2.96. The van der Waals surface area contributed by atoms with Crippen LogP contribution in [0.1, 0.15) is 27.2 Å². The lowest BCUT2D eigenvalue weighted by Gasteiger charge is -2.41. The summed E-state index contributed by atoms with van der Waals surface area (Å²) in [5.74, 6) is 0.891. The molecule has 2 heterocycles. The van der Waals surface area contributed by atoms with Crippen LogP contribution in [0, 0.1) is 5.92 Å². The van der Waals surface area contributed by atoms with Crippen LogP contribution in [0.25, 0.3) is 0 Å². The molecule has 3 nitrogen and oxygen atoms in total. The third-order valence-corrected chi connectivity index (χ3v) is 4.10. The lowest BCUT2D eigenvalue weighted by molar-refractivity contribution is 0.0862. The average Bonchev–Trinajstić information content (AvgIpc) is 2.66. The van der Waals surface area contributed by atoms with E-state index in [1.54, 1.807) is 0 Å². The van der Waals surface area contributed by atoms with Gasteiger partial charge < -0.3 is 5.32 Å². The van der Waals surface area contributed by atoms with Crippen LogP contribution >= 0.6 is 0 Å². The molecule has 1 unspecified atom stereocenters. The molecular formula is C13H27N3. The van der Waals surface area contributed by atoms with E-state index >= 15 is 0 Å². The Morgan fingerprint density at radius 1 is 1.19 bits per heavy atom. The van der Waals surface area contributed by atoms with Crippen molar-refractivity contribution in [2.75, 3.05) is 45.8 Å². The van der Waals surface area contributed by atoms with Gasteiger partial charge in [-0.25, -0.2) is 0 Å². The quantitative estimate of drug-likeness (QED) is 0.773. The third-order valence-electron chi connectivity index (χ3n) is 4.10. The van der Waals surface area contributed by atoms with Crippen LogP contribution in [-0.4, -0.2) is 61.2 Å². The van der Waals surface area contributed by atoms with E-state index in [2.05, 4.69) is 35.9 Å². The number of piperazine rings is 1. The molecule has 0 aromatic carbocycles. The molecule has 0 radical (unpaired) electrons. The molecule has 2 aliphatic rings. The topological polar surface area (TPSA) is 18.5 Å². The highest BCUT2D eigenvalue weighted by molar-refractivity contribution is 4.90. The molecule has 0 amide bonds. The summed E-state index contributed by atoms with van der Waals surface area (Å²) in [6.07, 6.45) is 1.38. The second kappa shape index (κ2) is 5.03. The molecule has 3 heteroatoms. The lowest BCUT2D eigenvalue weighted by Crippen LogP contribution is -2.54. The van der Waals surface area contributed by atoms with E-state index in [0.29, 0.717) is 5.54 Å². The molecule has 2 fully saturated rings. The van der Waals surface area contributed by atoms with Crippen LogP contribution in [-0.2, 0) is 0 Å². The standard InChI is InChI=1S/C13H27N3/c1-12-4-7-16(10-12)13(2,3)11-15-8-5-14-6-9-15/h12,14H,4-11H2,1-3H3. The summed E-state index contributed by atoms with van der Waals surface area (Å²) < 4.78 is 0. The van der Waals surface area contributed by atoms with Crippen LogP contribution in [0.4, 0.5) is 0 Å². The maximum absolute atomic E-state index is 3.42. The van der Waals surface area contributed by atoms with Crippen molar-refractivity contribution in [3.63, 3.8) is 0 Å². The summed E-state index contributed by atoms with van der Waals surface area (Å²) in [5.41, 5.74) is 0.349. The molecular weight excluding hydrogens is 198 g/mol. The first-order valence-electron chi connectivity index (χ1n) is 6.76. The maximum Gasteiger partial charge on any atom is 0.0280 e. The molecule has 0 saturated carbocycles. The molecule has 2 aliphatic heterocycles. The molecule has 2 rings (SSSR count). The van der Waals surface area contributed by atoms with Gasteiger partial charge in [-0.3, -0.25) is 9.80 Å². The number of hydrogen-bond donors (Lipinski definition) is 1. The second-order valence-corrected chi connectivity index (χ2v) is 6.18. The van der Waals surface area contributed by atoms with E-state index in [0.717, 1.165) is 19.0 Å². The normalized spacial score (nSPS) is 29.8. The Balaban J connectivity index is 1.85. The van der Waals surface area contributed by atoms with Gasteiger partial charge in [0.1, 0.15) is 0 Å². The van der Waals surface area contributed by atoms with Crippen molar-refractivity contribution in [3.05, 3.63) is 0 Å². The van der Waals surface area contributed by atoms with Crippen LogP contribution in [0.2, 0.25) is 0 Å². The van der Waals surface area contributed by atoms with E-state index in [-0.39, 0.29) is 0 Å².